The number of aromatic nitrogens is 2. The SMILES string of the molecule is CCCCN(c1c(CNCC(C)C)c(C)nn1C)C1CC1. The van der Waals surface area contributed by atoms with Crippen LogP contribution in [0.1, 0.15) is 57.7 Å². The van der Waals surface area contributed by atoms with E-state index in [0.717, 1.165) is 25.7 Å². The standard InChI is InChI=1S/C17H32N4/c1-6-7-10-21(15-8-9-15)17-16(12-18-11-13(2)3)14(4)19-20(17)5/h13,15,18H,6-12H2,1-5H3. The van der Waals surface area contributed by atoms with E-state index in [-0.39, 0.29) is 0 Å². The van der Waals surface area contributed by atoms with Crippen molar-refractivity contribution in [2.45, 2.75) is 66.0 Å². The van der Waals surface area contributed by atoms with Crippen LogP contribution in [0.25, 0.3) is 0 Å². The number of nitrogens with zero attached hydrogens (tertiary/aromatic N) is 3. The summed E-state index contributed by atoms with van der Waals surface area (Å²) in [6.45, 7) is 12.1. The van der Waals surface area contributed by atoms with Gasteiger partial charge < -0.3 is 10.2 Å². The van der Waals surface area contributed by atoms with Crippen LogP contribution in [-0.2, 0) is 13.6 Å². The van der Waals surface area contributed by atoms with Crippen molar-refractivity contribution in [3.8, 4) is 0 Å². The maximum absolute atomic E-state index is 4.68. The lowest BCUT2D eigenvalue weighted by Gasteiger charge is -2.26. The molecule has 1 saturated carbocycles. The third-order valence-corrected chi connectivity index (χ3v) is 4.18. The fraction of sp³-hybridized carbons (Fsp3) is 0.824. The Hall–Kier alpha value is -1.03. The van der Waals surface area contributed by atoms with Crippen molar-refractivity contribution < 1.29 is 0 Å². The van der Waals surface area contributed by atoms with Gasteiger partial charge in [0.2, 0.25) is 0 Å². The highest BCUT2D eigenvalue weighted by Crippen LogP contribution is 2.34. The smallest absolute Gasteiger partial charge is 0.131 e. The monoisotopic (exact) mass is 292 g/mol. The molecule has 0 amide bonds. The first-order chi connectivity index (χ1) is 10.0. The summed E-state index contributed by atoms with van der Waals surface area (Å²) in [5, 5.41) is 8.27. The summed E-state index contributed by atoms with van der Waals surface area (Å²) in [6.07, 6.45) is 5.19. The van der Waals surface area contributed by atoms with E-state index in [1.54, 1.807) is 0 Å². The van der Waals surface area contributed by atoms with Crippen molar-refractivity contribution >= 4 is 5.82 Å². The molecule has 4 heteroatoms. The number of anilines is 1. The summed E-state index contributed by atoms with van der Waals surface area (Å²) in [5.74, 6) is 2.03. The van der Waals surface area contributed by atoms with E-state index in [0.29, 0.717) is 5.92 Å². The molecular formula is C17H32N4. The van der Waals surface area contributed by atoms with Gasteiger partial charge in [-0.15, -0.1) is 0 Å². The van der Waals surface area contributed by atoms with Crippen LogP contribution in [0.3, 0.4) is 0 Å². The van der Waals surface area contributed by atoms with Crippen molar-refractivity contribution in [2.75, 3.05) is 18.0 Å². The molecule has 1 aromatic rings. The van der Waals surface area contributed by atoms with Crippen molar-refractivity contribution in [3.63, 3.8) is 0 Å². The minimum absolute atomic E-state index is 0.685. The number of unbranched alkanes of at least 4 members (excludes halogenated alkanes) is 1. The van der Waals surface area contributed by atoms with Crippen molar-refractivity contribution in [3.05, 3.63) is 11.3 Å². The Morgan fingerprint density at radius 3 is 2.67 bits per heavy atom. The van der Waals surface area contributed by atoms with Crippen molar-refractivity contribution in [1.82, 2.24) is 15.1 Å². The van der Waals surface area contributed by atoms with E-state index in [1.807, 2.05) is 0 Å². The van der Waals surface area contributed by atoms with Gasteiger partial charge in [0, 0.05) is 31.7 Å². The highest BCUT2D eigenvalue weighted by molar-refractivity contribution is 5.52. The highest BCUT2D eigenvalue weighted by atomic mass is 15.4. The summed E-state index contributed by atoms with van der Waals surface area (Å²) in [6, 6.07) is 0.746. The second-order valence-corrected chi connectivity index (χ2v) is 6.81. The van der Waals surface area contributed by atoms with E-state index < -0.39 is 0 Å². The van der Waals surface area contributed by atoms with E-state index in [4.69, 9.17) is 0 Å². The largest absolute Gasteiger partial charge is 0.354 e. The van der Waals surface area contributed by atoms with Gasteiger partial charge in [-0.1, -0.05) is 27.2 Å². The zero-order valence-electron chi connectivity index (χ0n) is 14.4. The van der Waals surface area contributed by atoms with Crippen LogP contribution in [0.2, 0.25) is 0 Å². The molecule has 2 rings (SSSR count). The molecule has 120 valence electrons. The van der Waals surface area contributed by atoms with Gasteiger partial charge in [-0.2, -0.15) is 5.10 Å². The highest BCUT2D eigenvalue weighted by Gasteiger charge is 2.32. The molecule has 1 aliphatic rings. The van der Waals surface area contributed by atoms with Crippen LogP contribution < -0.4 is 10.2 Å². The van der Waals surface area contributed by atoms with Crippen molar-refractivity contribution in [1.29, 1.82) is 0 Å². The maximum atomic E-state index is 4.68. The predicted molar refractivity (Wildman–Crippen MR) is 89.8 cm³/mol. The summed E-state index contributed by atoms with van der Waals surface area (Å²) in [5.41, 5.74) is 2.56. The molecule has 0 saturated heterocycles. The Morgan fingerprint density at radius 2 is 2.10 bits per heavy atom. The maximum Gasteiger partial charge on any atom is 0.131 e. The van der Waals surface area contributed by atoms with Gasteiger partial charge >= 0.3 is 0 Å². The second-order valence-electron chi connectivity index (χ2n) is 6.81. The molecular weight excluding hydrogens is 260 g/mol. The van der Waals surface area contributed by atoms with Crippen molar-refractivity contribution in [2.24, 2.45) is 13.0 Å². The van der Waals surface area contributed by atoms with Gasteiger partial charge in [-0.3, -0.25) is 4.68 Å². The second kappa shape index (κ2) is 7.30. The molecule has 4 nitrogen and oxygen atoms in total. The van der Waals surface area contributed by atoms with E-state index in [9.17, 15) is 0 Å². The molecule has 0 bridgehead atoms. The Labute approximate surface area is 129 Å². The van der Waals surface area contributed by atoms with Crippen LogP contribution in [-0.4, -0.2) is 28.9 Å². The Morgan fingerprint density at radius 1 is 1.38 bits per heavy atom. The zero-order chi connectivity index (χ0) is 15.4. The lowest BCUT2D eigenvalue weighted by atomic mass is 10.2. The number of nitrogens with one attached hydrogen (secondary N) is 1. The van der Waals surface area contributed by atoms with Crippen LogP contribution in [0.15, 0.2) is 0 Å². The fourth-order valence-electron chi connectivity index (χ4n) is 2.92. The first kappa shape index (κ1) is 16.3. The third kappa shape index (κ3) is 4.22. The van der Waals surface area contributed by atoms with Gasteiger partial charge in [-0.05, 0) is 38.6 Å². The number of hydrogen-bond donors (Lipinski definition) is 1. The average Bonchev–Trinajstić information content (AvgIpc) is 3.20. The molecule has 0 atom stereocenters. The van der Waals surface area contributed by atoms with Gasteiger partial charge in [0.1, 0.15) is 5.82 Å². The van der Waals surface area contributed by atoms with Gasteiger partial charge in [0.25, 0.3) is 0 Å². The van der Waals surface area contributed by atoms with Crippen LogP contribution in [0, 0.1) is 12.8 Å². The van der Waals surface area contributed by atoms with Gasteiger partial charge in [-0.25, -0.2) is 0 Å². The van der Waals surface area contributed by atoms with E-state index in [2.05, 4.69) is 54.7 Å². The van der Waals surface area contributed by atoms with Crippen LogP contribution >= 0.6 is 0 Å². The normalized spacial score (nSPS) is 15.0. The minimum Gasteiger partial charge on any atom is -0.354 e. The molecule has 21 heavy (non-hydrogen) atoms. The molecule has 0 unspecified atom stereocenters. The Bertz CT molecular complexity index is 446. The van der Waals surface area contributed by atoms with Gasteiger partial charge in [0.05, 0.1) is 5.69 Å². The molecule has 0 radical (unpaired) electrons. The third-order valence-electron chi connectivity index (χ3n) is 4.18. The van der Waals surface area contributed by atoms with Crippen LogP contribution in [0.4, 0.5) is 5.82 Å². The molecule has 1 N–H and O–H groups in total. The first-order valence-corrected chi connectivity index (χ1v) is 8.54. The molecule has 1 aromatic heterocycles. The average molecular weight is 292 g/mol. The zero-order valence-corrected chi connectivity index (χ0v) is 14.4. The number of rotatable bonds is 9. The topological polar surface area (TPSA) is 33.1 Å². The lowest BCUT2D eigenvalue weighted by molar-refractivity contribution is 0.550. The molecule has 0 aliphatic heterocycles. The molecule has 1 heterocycles. The number of hydrogen-bond acceptors (Lipinski definition) is 3. The predicted octanol–water partition coefficient (Wildman–Crippen LogP) is 3.24. The summed E-state index contributed by atoms with van der Waals surface area (Å²) in [4.78, 5) is 2.61. The van der Waals surface area contributed by atoms with Crippen LogP contribution in [0.5, 0.6) is 0 Å². The lowest BCUT2D eigenvalue weighted by Crippen LogP contribution is -2.30. The molecule has 1 fully saturated rings. The molecule has 0 spiro atoms. The number of aryl methyl sites for hydroxylation is 2. The Balaban J connectivity index is 2.15. The molecule has 0 aromatic carbocycles. The van der Waals surface area contributed by atoms with Gasteiger partial charge in [0.15, 0.2) is 0 Å². The van der Waals surface area contributed by atoms with E-state index >= 15 is 0 Å². The fourth-order valence-corrected chi connectivity index (χ4v) is 2.92. The summed E-state index contributed by atoms with van der Waals surface area (Å²) in [7, 11) is 2.09. The summed E-state index contributed by atoms with van der Waals surface area (Å²) >= 11 is 0. The minimum atomic E-state index is 0.685. The van der Waals surface area contributed by atoms with E-state index in [1.165, 1.54) is 42.8 Å². The quantitative estimate of drug-likeness (QED) is 0.758. The first-order valence-electron chi connectivity index (χ1n) is 8.54. The Kier molecular flexibility index (Phi) is 5.68. The molecule has 1 aliphatic carbocycles. The summed E-state index contributed by atoms with van der Waals surface area (Å²) < 4.78 is 2.09.